The molecule has 0 atom stereocenters. The van der Waals surface area contributed by atoms with Gasteiger partial charge in [0, 0.05) is 31.0 Å². The van der Waals surface area contributed by atoms with Gasteiger partial charge in [-0.25, -0.2) is 9.97 Å². The van der Waals surface area contributed by atoms with E-state index in [9.17, 15) is 10.2 Å². The van der Waals surface area contributed by atoms with Crippen LogP contribution >= 0.6 is 0 Å². The Hall–Kier alpha value is -4.32. The van der Waals surface area contributed by atoms with Crippen molar-refractivity contribution in [2.45, 2.75) is 19.3 Å². The first-order valence-corrected chi connectivity index (χ1v) is 11.3. The van der Waals surface area contributed by atoms with Gasteiger partial charge >= 0.3 is 0 Å². The van der Waals surface area contributed by atoms with Gasteiger partial charge in [-0.1, -0.05) is 54.6 Å². The Kier molecular flexibility index (Phi) is 4.91. The molecule has 0 saturated carbocycles. The highest BCUT2D eigenvalue weighted by Crippen LogP contribution is 2.31. The Balaban J connectivity index is 1.46. The third-order valence-corrected chi connectivity index (χ3v) is 6.21. The summed E-state index contributed by atoms with van der Waals surface area (Å²) in [7, 11) is 0. The molecule has 2 N–H and O–H groups in total. The molecule has 0 saturated heterocycles. The number of aromatic nitrogens is 3. The van der Waals surface area contributed by atoms with E-state index in [-0.39, 0.29) is 11.6 Å². The van der Waals surface area contributed by atoms with Crippen LogP contribution in [0.2, 0.25) is 0 Å². The van der Waals surface area contributed by atoms with Crippen molar-refractivity contribution >= 4 is 5.65 Å². The Bertz CT molecular complexity index is 1510. The van der Waals surface area contributed by atoms with Gasteiger partial charge in [0.05, 0.1) is 18.0 Å². The molecule has 1 aliphatic heterocycles. The molecule has 0 spiro atoms. The van der Waals surface area contributed by atoms with E-state index in [0.29, 0.717) is 36.5 Å². The molecular weight excluding hydrogens is 426 g/mol. The second kappa shape index (κ2) is 8.23. The van der Waals surface area contributed by atoms with E-state index >= 15 is 0 Å². The van der Waals surface area contributed by atoms with Crippen LogP contribution in [0.3, 0.4) is 0 Å². The predicted molar refractivity (Wildman–Crippen MR) is 129 cm³/mol. The molecule has 0 amide bonds. The van der Waals surface area contributed by atoms with Crippen LogP contribution < -0.4 is 4.74 Å². The maximum Gasteiger partial charge on any atom is 0.219 e. The van der Waals surface area contributed by atoms with Crippen molar-refractivity contribution < 1.29 is 14.9 Å². The van der Waals surface area contributed by atoms with Crippen molar-refractivity contribution in [1.29, 1.82) is 0 Å². The van der Waals surface area contributed by atoms with Gasteiger partial charge in [0.1, 0.15) is 17.2 Å². The molecule has 5 aromatic rings. The van der Waals surface area contributed by atoms with E-state index < -0.39 is 0 Å². The fourth-order valence-electron chi connectivity index (χ4n) is 4.49. The molecule has 0 bridgehead atoms. The second-order valence-corrected chi connectivity index (χ2v) is 8.58. The molecule has 6 nitrogen and oxygen atoms in total. The smallest absolute Gasteiger partial charge is 0.219 e. The second-order valence-electron chi connectivity index (χ2n) is 8.58. The fourth-order valence-corrected chi connectivity index (χ4v) is 4.49. The summed E-state index contributed by atoms with van der Waals surface area (Å²) in [4.78, 5) is 9.70. The first kappa shape index (κ1) is 20.3. The molecule has 6 heteroatoms. The number of fused-ring (bicyclic) bond motifs is 2. The highest BCUT2D eigenvalue weighted by atomic mass is 16.5. The van der Waals surface area contributed by atoms with Gasteiger partial charge in [-0.2, -0.15) is 0 Å². The maximum atomic E-state index is 11.2. The molecule has 2 aromatic heterocycles. The summed E-state index contributed by atoms with van der Waals surface area (Å²) in [5.41, 5.74) is 6.73. The van der Waals surface area contributed by atoms with Crippen LogP contribution in [-0.4, -0.2) is 31.2 Å². The Morgan fingerprint density at radius 3 is 2.53 bits per heavy atom. The average Bonchev–Trinajstić information content (AvgIpc) is 3.44. The highest BCUT2D eigenvalue weighted by Gasteiger charge is 2.19. The zero-order valence-electron chi connectivity index (χ0n) is 18.5. The third kappa shape index (κ3) is 3.73. The Morgan fingerprint density at radius 1 is 0.824 bits per heavy atom. The van der Waals surface area contributed by atoms with E-state index in [1.165, 1.54) is 5.56 Å². The highest BCUT2D eigenvalue weighted by molar-refractivity contribution is 5.64. The monoisotopic (exact) mass is 449 g/mol. The lowest BCUT2D eigenvalue weighted by molar-refractivity contribution is 0.356. The molecule has 168 valence electrons. The minimum absolute atomic E-state index is 0.0922. The largest absolute Gasteiger partial charge is 0.508 e. The molecular formula is C28H23N3O3. The summed E-state index contributed by atoms with van der Waals surface area (Å²) in [6.07, 6.45) is 3.76. The Labute approximate surface area is 196 Å². The van der Waals surface area contributed by atoms with E-state index in [0.717, 1.165) is 34.6 Å². The maximum absolute atomic E-state index is 11.2. The number of ether oxygens (including phenoxy) is 1. The van der Waals surface area contributed by atoms with Gasteiger partial charge < -0.3 is 14.9 Å². The van der Waals surface area contributed by atoms with Crippen molar-refractivity contribution in [3.8, 4) is 28.6 Å². The summed E-state index contributed by atoms with van der Waals surface area (Å²) >= 11 is 0. The number of hydrogen-bond donors (Lipinski definition) is 2. The summed E-state index contributed by atoms with van der Waals surface area (Å²) in [5.74, 6) is 1.17. The lowest BCUT2D eigenvalue weighted by Crippen LogP contribution is -2.00. The normalized spacial score (nSPS) is 12.6. The first-order valence-electron chi connectivity index (χ1n) is 11.3. The van der Waals surface area contributed by atoms with E-state index in [2.05, 4.69) is 12.1 Å². The minimum atomic E-state index is 0.0922. The van der Waals surface area contributed by atoms with Crippen LogP contribution in [0, 0.1) is 0 Å². The lowest BCUT2D eigenvalue weighted by Gasteiger charge is -2.09. The van der Waals surface area contributed by atoms with Crippen LogP contribution in [0.15, 0.2) is 79.0 Å². The van der Waals surface area contributed by atoms with Gasteiger partial charge in [-0.15, -0.1) is 0 Å². The van der Waals surface area contributed by atoms with E-state index in [1.807, 2.05) is 42.5 Å². The van der Waals surface area contributed by atoms with Crippen molar-refractivity contribution in [3.05, 3.63) is 107 Å². The summed E-state index contributed by atoms with van der Waals surface area (Å²) < 4.78 is 7.41. The number of aromatic hydroxyl groups is 2. The molecule has 0 fully saturated rings. The topological polar surface area (TPSA) is 79.9 Å². The molecule has 3 aromatic carbocycles. The quantitative estimate of drug-likeness (QED) is 0.398. The van der Waals surface area contributed by atoms with Gasteiger partial charge in [0.2, 0.25) is 5.88 Å². The van der Waals surface area contributed by atoms with Crippen LogP contribution in [0.4, 0.5) is 0 Å². The summed E-state index contributed by atoms with van der Waals surface area (Å²) in [6, 6.07) is 23.2. The van der Waals surface area contributed by atoms with Gasteiger partial charge in [0.15, 0.2) is 5.65 Å². The van der Waals surface area contributed by atoms with Crippen molar-refractivity contribution in [2.24, 2.45) is 0 Å². The molecule has 1 aliphatic rings. The number of imidazole rings is 1. The average molecular weight is 450 g/mol. The zero-order valence-corrected chi connectivity index (χ0v) is 18.5. The predicted octanol–water partition coefficient (Wildman–Crippen LogP) is 4.92. The van der Waals surface area contributed by atoms with Crippen molar-refractivity contribution in [3.63, 3.8) is 0 Å². The number of rotatable bonds is 5. The molecule has 6 rings (SSSR count). The van der Waals surface area contributed by atoms with E-state index in [1.54, 1.807) is 28.8 Å². The molecule has 0 aliphatic carbocycles. The van der Waals surface area contributed by atoms with Gasteiger partial charge in [-0.05, 0) is 34.9 Å². The number of hydrogen-bond acceptors (Lipinski definition) is 5. The minimum Gasteiger partial charge on any atom is -0.508 e. The van der Waals surface area contributed by atoms with Crippen LogP contribution in [0.5, 0.6) is 17.4 Å². The lowest BCUT2D eigenvalue weighted by atomic mass is 10.1. The van der Waals surface area contributed by atoms with E-state index in [4.69, 9.17) is 14.7 Å². The van der Waals surface area contributed by atoms with Crippen molar-refractivity contribution in [1.82, 2.24) is 14.4 Å². The van der Waals surface area contributed by atoms with Crippen LogP contribution in [0.25, 0.3) is 16.9 Å². The molecule has 0 unspecified atom stereocenters. The third-order valence-electron chi connectivity index (χ3n) is 6.21. The number of benzene rings is 3. The standard InChI is InChI=1S/C28H23N3O3/c32-22-8-4-7-21(16-22)25-17-31-27(23(29-25)13-18-5-2-1-3-6-18)30-24(28(31)33)14-19-9-10-20-11-12-34-26(20)15-19/h1-10,15-17,32-33H,11-14H2. The first-order chi connectivity index (χ1) is 16.6. The summed E-state index contributed by atoms with van der Waals surface area (Å²) in [6.45, 7) is 0.713. The number of phenols is 1. The van der Waals surface area contributed by atoms with Crippen LogP contribution in [-0.2, 0) is 19.3 Å². The zero-order chi connectivity index (χ0) is 23.1. The molecule has 34 heavy (non-hydrogen) atoms. The fraction of sp³-hybridized carbons (Fsp3) is 0.143. The molecule has 0 radical (unpaired) electrons. The summed E-state index contributed by atoms with van der Waals surface area (Å²) in [5, 5.41) is 21.1. The number of phenolic OH excluding ortho intramolecular Hbond substituents is 1. The van der Waals surface area contributed by atoms with Crippen molar-refractivity contribution in [2.75, 3.05) is 6.61 Å². The van der Waals surface area contributed by atoms with Gasteiger partial charge in [-0.3, -0.25) is 4.40 Å². The number of nitrogens with zero attached hydrogens (tertiary/aromatic N) is 3. The SMILES string of the molecule is Oc1cccc(-c2cn3c(O)c(Cc4ccc5c(c4)OCC5)nc3c(Cc3ccccc3)n2)c1. The van der Waals surface area contributed by atoms with Crippen LogP contribution in [0.1, 0.15) is 28.1 Å². The Morgan fingerprint density at radius 2 is 1.68 bits per heavy atom. The molecule has 3 heterocycles. The van der Waals surface area contributed by atoms with Gasteiger partial charge in [0.25, 0.3) is 0 Å².